The zero-order chi connectivity index (χ0) is 14.0. The van der Waals surface area contributed by atoms with E-state index in [2.05, 4.69) is 0 Å². The van der Waals surface area contributed by atoms with Gasteiger partial charge in [0.15, 0.2) is 0 Å². The van der Waals surface area contributed by atoms with E-state index in [0.29, 0.717) is 21.2 Å². The van der Waals surface area contributed by atoms with E-state index in [1.165, 1.54) is 6.07 Å². The standard InChI is InChI=1S/C15H13Cl2FO/c1-15(19,9-10-5-2-3-8-13(10)18)11-6-4-7-12(16)14(11)17/h2-8,19H,9H2,1H3. The SMILES string of the molecule is CC(O)(Cc1ccccc1F)c1cccc(Cl)c1Cl. The first kappa shape index (κ1) is 14.3. The second-order valence-electron chi connectivity index (χ2n) is 4.64. The zero-order valence-electron chi connectivity index (χ0n) is 10.3. The van der Waals surface area contributed by atoms with Gasteiger partial charge in [0.05, 0.1) is 15.6 Å². The van der Waals surface area contributed by atoms with Gasteiger partial charge in [0.2, 0.25) is 0 Å². The molecule has 0 fully saturated rings. The minimum atomic E-state index is -1.29. The Kier molecular flexibility index (Phi) is 4.14. The molecular weight excluding hydrogens is 286 g/mol. The summed E-state index contributed by atoms with van der Waals surface area (Å²) < 4.78 is 13.6. The molecule has 1 nitrogen and oxygen atoms in total. The molecular formula is C15H13Cl2FO. The molecule has 19 heavy (non-hydrogen) atoms. The van der Waals surface area contributed by atoms with Gasteiger partial charge in [0, 0.05) is 12.0 Å². The van der Waals surface area contributed by atoms with Crippen molar-refractivity contribution in [2.75, 3.05) is 0 Å². The van der Waals surface area contributed by atoms with E-state index in [1.54, 1.807) is 43.3 Å². The molecule has 4 heteroatoms. The lowest BCUT2D eigenvalue weighted by atomic mass is 9.89. The third kappa shape index (κ3) is 3.08. The molecule has 0 saturated carbocycles. The second kappa shape index (κ2) is 5.49. The molecule has 1 N–H and O–H groups in total. The van der Waals surface area contributed by atoms with Crippen molar-refractivity contribution in [2.45, 2.75) is 18.9 Å². The lowest BCUT2D eigenvalue weighted by molar-refractivity contribution is 0.0568. The Morgan fingerprint density at radius 1 is 1.11 bits per heavy atom. The van der Waals surface area contributed by atoms with Crippen molar-refractivity contribution in [3.05, 3.63) is 69.5 Å². The van der Waals surface area contributed by atoms with Crippen LogP contribution in [0.3, 0.4) is 0 Å². The van der Waals surface area contributed by atoms with Gasteiger partial charge in [-0.25, -0.2) is 4.39 Å². The molecule has 0 aliphatic carbocycles. The van der Waals surface area contributed by atoms with E-state index in [-0.39, 0.29) is 12.2 Å². The molecule has 0 bridgehead atoms. The maximum Gasteiger partial charge on any atom is 0.126 e. The van der Waals surface area contributed by atoms with Gasteiger partial charge in [-0.15, -0.1) is 0 Å². The normalized spacial score (nSPS) is 14.2. The van der Waals surface area contributed by atoms with Crippen LogP contribution in [0.1, 0.15) is 18.1 Å². The fourth-order valence-electron chi connectivity index (χ4n) is 2.03. The summed E-state index contributed by atoms with van der Waals surface area (Å²) in [7, 11) is 0. The summed E-state index contributed by atoms with van der Waals surface area (Å²) in [5.41, 5.74) is -0.363. The number of aliphatic hydroxyl groups is 1. The van der Waals surface area contributed by atoms with E-state index in [4.69, 9.17) is 23.2 Å². The Balaban J connectivity index is 2.38. The van der Waals surface area contributed by atoms with Crippen molar-refractivity contribution in [3.8, 4) is 0 Å². The lowest BCUT2D eigenvalue weighted by Crippen LogP contribution is -2.25. The molecule has 2 aromatic carbocycles. The van der Waals surface area contributed by atoms with Crippen molar-refractivity contribution in [1.82, 2.24) is 0 Å². The topological polar surface area (TPSA) is 20.2 Å². The zero-order valence-corrected chi connectivity index (χ0v) is 11.8. The molecule has 0 saturated heterocycles. The van der Waals surface area contributed by atoms with Crippen molar-refractivity contribution < 1.29 is 9.50 Å². The van der Waals surface area contributed by atoms with Crippen LogP contribution in [-0.4, -0.2) is 5.11 Å². The maximum absolute atomic E-state index is 13.6. The molecule has 0 amide bonds. The maximum atomic E-state index is 13.6. The van der Waals surface area contributed by atoms with E-state index in [9.17, 15) is 9.50 Å². The van der Waals surface area contributed by atoms with Crippen LogP contribution in [0.4, 0.5) is 4.39 Å². The van der Waals surface area contributed by atoms with Gasteiger partial charge in [-0.3, -0.25) is 0 Å². The lowest BCUT2D eigenvalue weighted by Gasteiger charge is -2.25. The van der Waals surface area contributed by atoms with Crippen molar-refractivity contribution in [2.24, 2.45) is 0 Å². The Hall–Kier alpha value is -1.09. The highest BCUT2D eigenvalue weighted by Crippen LogP contribution is 2.35. The summed E-state index contributed by atoms with van der Waals surface area (Å²) in [5, 5.41) is 11.2. The number of rotatable bonds is 3. The van der Waals surface area contributed by atoms with Crippen LogP contribution in [0.2, 0.25) is 10.0 Å². The summed E-state index contributed by atoms with van der Waals surface area (Å²) in [5.74, 6) is -0.346. The molecule has 2 aromatic rings. The van der Waals surface area contributed by atoms with Gasteiger partial charge in [0.1, 0.15) is 5.82 Å². The van der Waals surface area contributed by atoms with Gasteiger partial charge in [-0.05, 0) is 24.6 Å². The molecule has 0 aromatic heterocycles. The third-order valence-electron chi connectivity index (χ3n) is 3.02. The number of halogens is 3. The van der Waals surface area contributed by atoms with Crippen LogP contribution in [0, 0.1) is 5.82 Å². The fourth-order valence-corrected chi connectivity index (χ4v) is 2.53. The van der Waals surface area contributed by atoms with Crippen molar-refractivity contribution in [3.63, 3.8) is 0 Å². The molecule has 100 valence electrons. The van der Waals surface area contributed by atoms with Crippen LogP contribution < -0.4 is 0 Å². The summed E-state index contributed by atoms with van der Waals surface area (Å²) in [6, 6.07) is 11.4. The Morgan fingerprint density at radius 3 is 2.47 bits per heavy atom. The van der Waals surface area contributed by atoms with Gasteiger partial charge in [-0.1, -0.05) is 53.5 Å². The highest BCUT2D eigenvalue weighted by Gasteiger charge is 2.28. The first-order chi connectivity index (χ1) is 8.92. The summed E-state index contributed by atoms with van der Waals surface area (Å²) in [4.78, 5) is 0. The molecule has 1 unspecified atom stereocenters. The number of hydrogen-bond donors (Lipinski definition) is 1. The summed E-state index contributed by atoms with van der Waals surface area (Å²) >= 11 is 12.0. The molecule has 0 spiro atoms. The van der Waals surface area contributed by atoms with Gasteiger partial charge in [-0.2, -0.15) is 0 Å². The second-order valence-corrected chi connectivity index (χ2v) is 5.43. The average molecular weight is 299 g/mol. The minimum absolute atomic E-state index is 0.125. The molecule has 0 heterocycles. The van der Waals surface area contributed by atoms with E-state index in [0.717, 1.165) is 0 Å². The largest absolute Gasteiger partial charge is 0.385 e. The van der Waals surface area contributed by atoms with Gasteiger partial charge >= 0.3 is 0 Å². The predicted molar refractivity (Wildman–Crippen MR) is 76.1 cm³/mol. The molecule has 1 atom stereocenters. The van der Waals surface area contributed by atoms with Crippen molar-refractivity contribution in [1.29, 1.82) is 0 Å². The minimum Gasteiger partial charge on any atom is -0.385 e. The predicted octanol–water partition coefficient (Wildman–Crippen LogP) is 4.58. The van der Waals surface area contributed by atoms with Crippen LogP contribution in [-0.2, 0) is 12.0 Å². The Morgan fingerprint density at radius 2 is 1.79 bits per heavy atom. The molecule has 2 rings (SSSR count). The molecule has 0 radical (unpaired) electrons. The summed E-state index contributed by atoms with van der Waals surface area (Å²) in [6.45, 7) is 1.59. The molecule has 0 aliphatic rings. The van der Waals surface area contributed by atoms with E-state index < -0.39 is 5.60 Å². The van der Waals surface area contributed by atoms with Gasteiger partial charge < -0.3 is 5.11 Å². The first-order valence-corrected chi connectivity index (χ1v) is 6.57. The highest BCUT2D eigenvalue weighted by molar-refractivity contribution is 6.42. The quantitative estimate of drug-likeness (QED) is 0.879. The number of hydrogen-bond acceptors (Lipinski definition) is 1. The van der Waals surface area contributed by atoms with Crippen LogP contribution in [0.15, 0.2) is 42.5 Å². The smallest absolute Gasteiger partial charge is 0.126 e. The van der Waals surface area contributed by atoms with Crippen LogP contribution in [0.25, 0.3) is 0 Å². The summed E-state index contributed by atoms with van der Waals surface area (Å²) in [6.07, 6.45) is 0.125. The first-order valence-electron chi connectivity index (χ1n) is 5.82. The third-order valence-corrected chi connectivity index (χ3v) is 3.84. The monoisotopic (exact) mass is 298 g/mol. The van der Waals surface area contributed by atoms with Gasteiger partial charge in [0.25, 0.3) is 0 Å². The fraction of sp³-hybridized carbons (Fsp3) is 0.200. The van der Waals surface area contributed by atoms with Crippen LogP contribution >= 0.6 is 23.2 Å². The average Bonchev–Trinajstić information content (AvgIpc) is 2.35. The Bertz CT molecular complexity index is 596. The Labute approximate surface area is 121 Å². The van der Waals surface area contributed by atoms with E-state index in [1.807, 2.05) is 0 Å². The van der Waals surface area contributed by atoms with Crippen LogP contribution in [0.5, 0.6) is 0 Å². The number of benzene rings is 2. The van der Waals surface area contributed by atoms with Crippen molar-refractivity contribution >= 4 is 23.2 Å². The van der Waals surface area contributed by atoms with E-state index >= 15 is 0 Å². The highest BCUT2D eigenvalue weighted by atomic mass is 35.5. The molecule has 0 aliphatic heterocycles.